The lowest BCUT2D eigenvalue weighted by molar-refractivity contribution is 0.102. The first-order valence-corrected chi connectivity index (χ1v) is 10.6. The maximum absolute atomic E-state index is 12.5. The molecule has 0 aliphatic heterocycles. The Labute approximate surface area is 170 Å². The van der Waals surface area contributed by atoms with Gasteiger partial charge in [0.2, 0.25) is 0 Å². The molecule has 6 nitrogen and oxygen atoms in total. The first-order chi connectivity index (χ1) is 13.9. The summed E-state index contributed by atoms with van der Waals surface area (Å²) in [5.41, 5.74) is 2.49. The molecule has 0 saturated heterocycles. The number of anilines is 2. The molecule has 0 bridgehead atoms. The highest BCUT2D eigenvalue weighted by atomic mass is 32.2. The summed E-state index contributed by atoms with van der Waals surface area (Å²) in [4.78, 5) is 12.5. The molecular weight excluding hydrogens is 388 g/mol. The number of sulfonamides is 1. The quantitative estimate of drug-likeness (QED) is 0.603. The van der Waals surface area contributed by atoms with Crippen molar-refractivity contribution in [2.24, 2.45) is 0 Å². The monoisotopic (exact) mass is 410 g/mol. The Hall–Kier alpha value is -3.32. The van der Waals surface area contributed by atoms with Gasteiger partial charge in [0.05, 0.1) is 11.5 Å². The van der Waals surface area contributed by atoms with Crippen LogP contribution >= 0.6 is 0 Å². The summed E-state index contributed by atoms with van der Waals surface area (Å²) in [6.45, 7) is 4.39. The molecule has 29 heavy (non-hydrogen) atoms. The van der Waals surface area contributed by atoms with E-state index in [9.17, 15) is 13.2 Å². The van der Waals surface area contributed by atoms with Gasteiger partial charge in [0.15, 0.2) is 0 Å². The highest BCUT2D eigenvalue weighted by Crippen LogP contribution is 2.19. The van der Waals surface area contributed by atoms with Crippen LogP contribution in [0, 0.1) is 6.92 Å². The van der Waals surface area contributed by atoms with Gasteiger partial charge in [-0.05, 0) is 74.5 Å². The third-order valence-electron chi connectivity index (χ3n) is 4.15. The fraction of sp³-hybridized carbons (Fsp3) is 0.136. The van der Waals surface area contributed by atoms with E-state index in [1.807, 2.05) is 26.0 Å². The van der Waals surface area contributed by atoms with Crippen molar-refractivity contribution >= 4 is 27.3 Å². The molecule has 2 N–H and O–H groups in total. The molecule has 0 atom stereocenters. The van der Waals surface area contributed by atoms with Crippen molar-refractivity contribution in [3.8, 4) is 5.75 Å². The van der Waals surface area contributed by atoms with E-state index in [1.54, 1.807) is 36.4 Å². The van der Waals surface area contributed by atoms with Crippen molar-refractivity contribution in [2.75, 3.05) is 16.6 Å². The number of ether oxygens (including phenoxy) is 1. The zero-order valence-corrected chi connectivity index (χ0v) is 17.0. The minimum Gasteiger partial charge on any atom is -0.494 e. The Kier molecular flexibility index (Phi) is 6.19. The van der Waals surface area contributed by atoms with Gasteiger partial charge in [0.25, 0.3) is 15.9 Å². The molecule has 3 rings (SSSR count). The highest BCUT2D eigenvalue weighted by molar-refractivity contribution is 7.92. The number of carbonyl (C=O) groups excluding carboxylic acids is 1. The van der Waals surface area contributed by atoms with Crippen LogP contribution in [0.3, 0.4) is 0 Å². The third kappa shape index (κ3) is 5.36. The Morgan fingerprint density at radius 3 is 2.03 bits per heavy atom. The van der Waals surface area contributed by atoms with Gasteiger partial charge in [-0.2, -0.15) is 0 Å². The lowest BCUT2D eigenvalue weighted by atomic mass is 10.2. The van der Waals surface area contributed by atoms with Crippen molar-refractivity contribution < 1.29 is 17.9 Å². The molecule has 0 aliphatic carbocycles. The summed E-state index contributed by atoms with van der Waals surface area (Å²) >= 11 is 0. The Bertz CT molecular complexity index is 1080. The van der Waals surface area contributed by atoms with Crippen LogP contribution in [0.1, 0.15) is 22.8 Å². The average molecular weight is 410 g/mol. The van der Waals surface area contributed by atoms with E-state index in [0.29, 0.717) is 23.5 Å². The summed E-state index contributed by atoms with van der Waals surface area (Å²) in [5.74, 6) is 0.394. The second kappa shape index (κ2) is 8.79. The van der Waals surface area contributed by atoms with Gasteiger partial charge in [0.1, 0.15) is 5.75 Å². The number of hydrogen-bond acceptors (Lipinski definition) is 4. The Morgan fingerprint density at radius 1 is 0.862 bits per heavy atom. The van der Waals surface area contributed by atoms with Gasteiger partial charge < -0.3 is 10.1 Å². The topological polar surface area (TPSA) is 84.5 Å². The SMILES string of the molecule is CCOc1ccc(NC(=O)c2ccc(S(=O)(=O)Nc3ccc(C)cc3)cc2)cc1. The van der Waals surface area contributed by atoms with Crippen LogP contribution in [0.4, 0.5) is 11.4 Å². The zero-order valence-electron chi connectivity index (χ0n) is 16.2. The molecule has 0 saturated carbocycles. The van der Waals surface area contributed by atoms with Crippen LogP contribution < -0.4 is 14.8 Å². The molecule has 0 heterocycles. The number of nitrogens with one attached hydrogen (secondary N) is 2. The van der Waals surface area contributed by atoms with Gasteiger partial charge in [0, 0.05) is 16.9 Å². The van der Waals surface area contributed by atoms with E-state index < -0.39 is 10.0 Å². The molecule has 0 aromatic heterocycles. The van der Waals surface area contributed by atoms with Gasteiger partial charge >= 0.3 is 0 Å². The molecule has 0 aliphatic rings. The predicted molar refractivity (Wildman–Crippen MR) is 114 cm³/mol. The van der Waals surface area contributed by atoms with Gasteiger partial charge in [-0.1, -0.05) is 17.7 Å². The van der Waals surface area contributed by atoms with Gasteiger partial charge in [-0.25, -0.2) is 8.42 Å². The molecule has 3 aromatic rings. The zero-order chi connectivity index (χ0) is 20.9. The minimum absolute atomic E-state index is 0.0793. The number of hydrogen-bond donors (Lipinski definition) is 2. The summed E-state index contributed by atoms with van der Waals surface area (Å²) in [5, 5.41) is 2.77. The summed E-state index contributed by atoms with van der Waals surface area (Å²) in [6.07, 6.45) is 0. The smallest absolute Gasteiger partial charge is 0.261 e. The van der Waals surface area contributed by atoms with Crippen molar-refractivity contribution in [1.82, 2.24) is 0 Å². The molecule has 3 aromatic carbocycles. The molecule has 0 unspecified atom stereocenters. The number of aryl methyl sites for hydroxylation is 1. The normalized spacial score (nSPS) is 11.0. The molecule has 1 amide bonds. The first-order valence-electron chi connectivity index (χ1n) is 9.11. The molecular formula is C22H22N2O4S. The van der Waals surface area contributed by atoms with Crippen LogP contribution in [0.5, 0.6) is 5.75 Å². The van der Waals surface area contributed by atoms with Crippen LogP contribution in [0.2, 0.25) is 0 Å². The van der Waals surface area contributed by atoms with Crippen molar-refractivity contribution in [3.05, 3.63) is 83.9 Å². The standard InChI is InChI=1S/C22H22N2O4S/c1-3-28-20-12-10-18(11-13-20)23-22(25)17-6-14-21(15-7-17)29(26,27)24-19-8-4-16(2)5-9-19/h4-15,24H,3H2,1-2H3,(H,23,25). The van der Waals surface area contributed by atoms with Gasteiger partial charge in [-0.3, -0.25) is 9.52 Å². The Balaban J connectivity index is 1.68. The van der Waals surface area contributed by atoms with E-state index >= 15 is 0 Å². The van der Waals surface area contributed by atoms with Crippen LogP contribution in [-0.4, -0.2) is 20.9 Å². The average Bonchev–Trinajstić information content (AvgIpc) is 2.71. The molecule has 7 heteroatoms. The Morgan fingerprint density at radius 2 is 1.45 bits per heavy atom. The van der Waals surface area contributed by atoms with E-state index in [0.717, 1.165) is 11.3 Å². The third-order valence-corrected chi connectivity index (χ3v) is 5.55. The number of rotatable bonds is 7. The van der Waals surface area contributed by atoms with Gasteiger partial charge in [-0.15, -0.1) is 0 Å². The van der Waals surface area contributed by atoms with Crippen LogP contribution in [0.25, 0.3) is 0 Å². The second-order valence-corrected chi connectivity index (χ2v) is 8.09. The summed E-state index contributed by atoms with van der Waals surface area (Å²) < 4.78 is 32.9. The summed E-state index contributed by atoms with van der Waals surface area (Å²) in [6, 6.07) is 19.8. The summed E-state index contributed by atoms with van der Waals surface area (Å²) in [7, 11) is -3.73. The molecule has 0 spiro atoms. The van der Waals surface area contributed by atoms with E-state index in [4.69, 9.17) is 4.74 Å². The highest BCUT2D eigenvalue weighted by Gasteiger charge is 2.15. The minimum atomic E-state index is -3.73. The van der Waals surface area contributed by atoms with Crippen LogP contribution in [0.15, 0.2) is 77.7 Å². The van der Waals surface area contributed by atoms with Crippen LogP contribution in [-0.2, 0) is 10.0 Å². The molecule has 150 valence electrons. The first kappa shape index (κ1) is 20.4. The second-order valence-electron chi connectivity index (χ2n) is 6.41. The number of carbonyl (C=O) groups is 1. The maximum atomic E-state index is 12.5. The lowest BCUT2D eigenvalue weighted by Crippen LogP contribution is -2.14. The predicted octanol–water partition coefficient (Wildman–Crippen LogP) is 4.45. The lowest BCUT2D eigenvalue weighted by Gasteiger charge is -2.10. The fourth-order valence-electron chi connectivity index (χ4n) is 2.63. The van der Waals surface area contributed by atoms with E-state index in [-0.39, 0.29) is 10.8 Å². The van der Waals surface area contributed by atoms with Crippen molar-refractivity contribution in [2.45, 2.75) is 18.7 Å². The maximum Gasteiger partial charge on any atom is 0.261 e. The van der Waals surface area contributed by atoms with Crippen molar-refractivity contribution in [1.29, 1.82) is 0 Å². The largest absolute Gasteiger partial charge is 0.494 e. The van der Waals surface area contributed by atoms with Crippen molar-refractivity contribution in [3.63, 3.8) is 0 Å². The van der Waals surface area contributed by atoms with E-state index in [1.165, 1.54) is 24.3 Å². The van der Waals surface area contributed by atoms with E-state index in [2.05, 4.69) is 10.0 Å². The number of benzene rings is 3. The molecule has 0 radical (unpaired) electrons. The molecule has 0 fully saturated rings. The fourth-order valence-corrected chi connectivity index (χ4v) is 3.68. The number of amides is 1.